The Morgan fingerprint density at radius 3 is 2.74 bits per heavy atom. The summed E-state index contributed by atoms with van der Waals surface area (Å²) in [4.78, 5) is 21.4. The second kappa shape index (κ2) is 8.39. The van der Waals surface area contributed by atoms with Gasteiger partial charge in [-0.2, -0.15) is 0 Å². The van der Waals surface area contributed by atoms with Crippen LogP contribution in [-0.4, -0.2) is 52.9 Å². The van der Waals surface area contributed by atoms with Crippen molar-refractivity contribution in [3.05, 3.63) is 42.1 Å². The van der Waals surface area contributed by atoms with Crippen LogP contribution in [0.2, 0.25) is 0 Å². The number of nitrogens with zero attached hydrogens (tertiary/aromatic N) is 3. The van der Waals surface area contributed by atoms with Gasteiger partial charge in [0.25, 0.3) is 0 Å². The smallest absolute Gasteiger partial charge is 0.219 e. The van der Waals surface area contributed by atoms with Crippen molar-refractivity contribution < 1.29 is 4.79 Å². The zero-order valence-corrected chi connectivity index (χ0v) is 16.4. The Morgan fingerprint density at radius 2 is 1.93 bits per heavy atom. The van der Waals surface area contributed by atoms with Gasteiger partial charge in [0.1, 0.15) is 0 Å². The number of benzene rings is 1. The van der Waals surface area contributed by atoms with E-state index in [1.807, 2.05) is 12.3 Å². The fraction of sp³-hybridized carbons (Fsp3) is 0.565. The number of amides is 1. The normalized spacial score (nSPS) is 22.7. The second-order valence-electron chi connectivity index (χ2n) is 8.31. The van der Waals surface area contributed by atoms with Crippen LogP contribution in [0.5, 0.6) is 0 Å². The molecule has 1 saturated heterocycles. The molecule has 0 radical (unpaired) electrons. The van der Waals surface area contributed by atoms with E-state index >= 15 is 0 Å². The number of aromatic nitrogens is 1. The molecular weight excluding hydrogens is 334 g/mol. The Bertz CT molecular complexity index is 779. The molecule has 1 amide bonds. The summed E-state index contributed by atoms with van der Waals surface area (Å²) >= 11 is 0. The Labute approximate surface area is 162 Å². The lowest BCUT2D eigenvalue weighted by molar-refractivity contribution is -0.129. The van der Waals surface area contributed by atoms with Crippen LogP contribution in [0.25, 0.3) is 10.9 Å². The molecule has 1 aromatic carbocycles. The molecule has 4 rings (SSSR count). The zero-order chi connectivity index (χ0) is 18.6. The third-order valence-electron chi connectivity index (χ3n) is 6.41. The fourth-order valence-electron chi connectivity index (χ4n) is 4.98. The number of carbonyl (C=O) groups is 1. The van der Waals surface area contributed by atoms with Crippen LogP contribution in [0.4, 0.5) is 0 Å². The molecule has 2 heterocycles. The predicted octanol–water partition coefficient (Wildman–Crippen LogP) is 3.89. The quantitative estimate of drug-likeness (QED) is 0.828. The minimum absolute atomic E-state index is 0.213. The molecule has 1 saturated carbocycles. The largest absolute Gasteiger partial charge is 0.341 e. The van der Waals surface area contributed by atoms with Gasteiger partial charge in [-0.1, -0.05) is 37.5 Å². The SMILES string of the molecule is CC(=O)N1CCN(C2CCCCC2)CC(Cc2cccc3ncccc23)C1. The fourth-order valence-corrected chi connectivity index (χ4v) is 4.98. The first-order valence-electron chi connectivity index (χ1n) is 10.5. The van der Waals surface area contributed by atoms with Crippen molar-refractivity contribution in [2.24, 2.45) is 5.92 Å². The highest BCUT2D eigenvalue weighted by Gasteiger charge is 2.29. The number of hydrogen-bond acceptors (Lipinski definition) is 3. The summed E-state index contributed by atoms with van der Waals surface area (Å²) in [5.41, 5.74) is 2.43. The standard InChI is InChI=1S/C23H31N3O/c1-18(27)25-13-14-26(21-8-3-2-4-9-21)17-19(16-25)15-20-7-5-11-23-22(20)10-6-12-24-23/h5-7,10-12,19,21H,2-4,8-9,13-17H2,1H3. The van der Waals surface area contributed by atoms with Crippen LogP contribution in [0.15, 0.2) is 36.5 Å². The highest BCUT2D eigenvalue weighted by atomic mass is 16.2. The topological polar surface area (TPSA) is 36.4 Å². The highest BCUT2D eigenvalue weighted by molar-refractivity contribution is 5.82. The van der Waals surface area contributed by atoms with Crippen LogP contribution in [0.1, 0.15) is 44.6 Å². The summed E-state index contributed by atoms with van der Waals surface area (Å²) in [6.45, 7) is 5.59. The molecule has 144 valence electrons. The molecule has 2 aliphatic rings. The van der Waals surface area contributed by atoms with Crippen molar-refractivity contribution in [1.29, 1.82) is 0 Å². The molecule has 1 aliphatic heterocycles. The zero-order valence-electron chi connectivity index (χ0n) is 16.4. The van der Waals surface area contributed by atoms with Crippen molar-refractivity contribution in [1.82, 2.24) is 14.8 Å². The molecule has 0 bridgehead atoms. The maximum atomic E-state index is 12.1. The summed E-state index contributed by atoms with van der Waals surface area (Å²) in [5, 5.41) is 1.25. The highest BCUT2D eigenvalue weighted by Crippen LogP contribution is 2.27. The van der Waals surface area contributed by atoms with E-state index in [1.54, 1.807) is 6.92 Å². The minimum atomic E-state index is 0.213. The Morgan fingerprint density at radius 1 is 1.07 bits per heavy atom. The number of pyridine rings is 1. The number of hydrogen-bond donors (Lipinski definition) is 0. The van der Waals surface area contributed by atoms with Crippen LogP contribution in [-0.2, 0) is 11.2 Å². The van der Waals surface area contributed by atoms with Crippen molar-refractivity contribution in [2.75, 3.05) is 26.2 Å². The second-order valence-corrected chi connectivity index (χ2v) is 8.31. The van der Waals surface area contributed by atoms with Crippen molar-refractivity contribution in [3.8, 4) is 0 Å². The predicted molar refractivity (Wildman–Crippen MR) is 110 cm³/mol. The monoisotopic (exact) mass is 365 g/mol. The summed E-state index contributed by atoms with van der Waals surface area (Å²) < 4.78 is 0. The molecule has 1 aromatic heterocycles. The van der Waals surface area contributed by atoms with Gasteiger partial charge in [0, 0.05) is 50.7 Å². The first-order chi connectivity index (χ1) is 13.2. The van der Waals surface area contributed by atoms with Crippen molar-refractivity contribution >= 4 is 16.8 Å². The first kappa shape index (κ1) is 18.4. The molecule has 2 fully saturated rings. The third kappa shape index (κ3) is 4.32. The maximum absolute atomic E-state index is 12.1. The van der Waals surface area contributed by atoms with Gasteiger partial charge in [0.2, 0.25) is 5.91 Å². The molecular formula is C23H31N3O. The lowest BCUT2D eigenvalue weighted by atomic mass is 9.92. The lowest BCUT2D eigenvalue weighted by Crippen LogP contribution is -2.41. The third-order valence-corrected chi connectivity index (χ3v) is 6.41. The van der Waals surface area contributed by atoms with Gasteiger partial charge >= 0.3 is 0 Å². The van der Waals surface area contributed by atoms with Gasteiger partial charge in [0.15, 0.2) is 0 Å². The van der Waals surface area contributed by atoms with Gasteiger partial charge in [-0.25, -0.2) is 0 Å². The van der Waals surface area contributed by atoms with Crippen LogP contribution < -0.4 is 0 Å². The molecule has 27 heavy (non-hydrogen) atoms. The first-order valence-corrected chi connectivity index (χ1v) is 10.5. The van der Waals surface area contributed by atoms with E-state index in [2.05, 4.69) is 39.0 Å². The maximum Gasteiger partial charge on any atom is 0.219 e. The van der Waals surface area contributed by atoms with Crippen LogP contribution in [0, 0.1) is 5.92 Å². The number of fused-ring (bicyclic) bond motifs is 1. The molecule has 1 aliphatic carbocycles. The molecule has 0 N–H and O–H groups in total. The Kier molecular flexibility index (Phi) is 5.72. The molecule has 2 aromatic rings. The summed E-state index contributed by atoms with van der Waals surface area (Å²) in [5.74, 6) is 0.689. The average Bonchev–Trinajstić information content (AvgIpc) is 2.92. The summed E-state index contributed by atoms with van der Waals surface area (Å²) in [6.07, 6.45) is 9.62. The van der Waals surface area contributed by atoms with E-state index in [0.29, 0.717) is 12.0 Å². The molecule has 4 heteroatoms. The van der Waals surface area contributed by atoms with E-state index in [-0.39, 0.29) is 5.91 Å². The number of carbonyl (C=O) groups excluding carboxylic acids is 1. The molecule has 4 nitrogen and oxygen atoms in total. The van der Waals surface area contributed by atoms with E-state index in [9.17, 15) is 4.79 Å². The van der Waals surface area contributed by atoms with Gasteiger partial charge in [-0.3, -0.25) is 14.7 Å². The van der Waals surface area contributed by atoms with Crippen LogP contribution in [0.3, 0.4) is 0 Å². The average molecular weight is 366 g/mol. The minimum Gasteiger partial charge on any atom is -0.341 e. The van der Waals surface area contributed by atoms with E-state index in [0.717, 1.165) is 38.1 Å². The molecule has 0 spiro atoms. The van der Waals surface area contributed by atoms with Crippen LogP contribution >= 0.6 is 0 Å². The Hall–Kier alpha value is -1.94. The summed E-state index contributed by atoms with van der Waals surface area (Å²) in [7, 11) is 0. The number of rotatable bonds is 3. The molecule has 1 atom stereocenters. The van der Waals surface area contributed by atoms with Gasteiger partial charge in [-0.15, -0.1) is 0 Å². The Balaban J connectivity index is 1.56. The van der Waals surface area contributed by atoms with Gasteiger partial charge in [0.05, 0.1) is 5.52 Å². The van der Waals surface area contributed by atoms with Gasteiger partial charge in [-0.05, 0) is 42.9 Å². The van der Waals surface area contributed by atoms with E-state index in [4.69, 9.17) is 0 Å². The molecule has 1 unspecified atom stereocenters. The van der Waals surface area contributed by atoms with Crippen molar-refractivity contribution in [3.63, 3.8) is 0 Å². The van der Waals surface area contributed by atoms with Crippen molar-refractivity contribution in [2.45, 2.75) is 51.5 Å². The lowest BCUT2D eigenvalue weighted by Gasteiger charge is -2.34. The van der Waals surface area contributed by atoms with Gasteiger partial charge < -0.3 is 4.90 Å². The van der Waals surface area contributed by atoms with E-state index < -0.39 is 0 Å². The van der Waals surface area contributed by atoms with E-state index in [1.165, 1.54) is 43.1 Å². The summed E-state index contributed by atoms with van der Waals surface area (Å²) in [6, 6.07) is 11.3.